The van der Waals surface area contributed by atoms with Gasteiger partial charge in [-0.3, -0.25) is 4.79 Å². The first-order valence-electron chi connectivity index (χ1n) is 8.85. The summed E-state index contributed by atoms with van der Waals surface area (Å²) in [4.78, 5) is 34.8. The van der Waals surface area contributed by atoms with Crippen molar-refractivity contribution in [2.24, 2.45) is 0 Å². The van der Waals surface area contributed by atoms with Crippen LogP contribution in [-0.4, -0.2) is 28.1 Å². The molecule has 150 valence electrons. The van der Waals surface area contributed by atoms with Gasteiger partial charge in [0.25, 0.3) is 0 Å². The number of hydrogen-bond donors (Lipinski definition) is 3. The number of carbonyl (C=O) groups excluding carboxylic acids is 1. The highest BCUT2D eigenvalue weighted by molar-refractivity contribution is 6.03. The number of amides is 1. The van der Waals surface area contributed by atoms with Crippen molar-refractivity contribution in [2.45, 2.75) is 0 Å². The van der Waals surface area contributed by atoms with Crippen molar-refractivity contribution in [3.63, 3.8) is 0 Å². The average Bonchev–Trinajstić information content (AvgIpc) is 2.74. The minimum absolute atomic E-state index is 0.124. The van der Waals surface area contributed by atoms with Gasteiger partial charge >= 0.3 is 11.9 Å². The predicted octanol–water partition coefficient (Wildman–Crippen LogP) is 4.53. The molecule has 0 bridgehead atoms. The summed E-state index contributed by atoms with van der Waals surface area (Å²) in [5.74, 6) is -2.71. The van der Waals surface area contributed by atoms with Gasteiger partial charge in [-0.05, 0) is 42.0 Å². The van der Waals surface area contributed by atoms with Crippen LogP contribution in [0.2, 0.25) is 0 Å². The molecule has 3 aromatic rings. The maximum Gasteiger partial charge on any atom is 0.336 e. The van der Waals surface area contributed by atoms with E-state index in [0.29, 0.717) is 5.69 Å². The Hall–Kier alpha value is -4.39. The molecule has 0 saturated carbocycles. The fourth-order valence-electron chi connectivity index (χ4n) is 2.65. The SMILES string of the molecule is O=C(/C=C/c1ccccc1)Nc1ccccc1Oc1ccc(C(=O)O)c(C(=O)O)c1. The summed E-state index contributed by atoms with van der Waals surface area (Å²) in [6, 6.07) is 19.6. The molecule has 7 heteroatoms. The van der Waals surface area contributed by atoms with Crippen LogP contribution in [0.5, 0.6) is 11.5 Å². The molecular formula is C23H17NO6. The highest BCUT2D eigenvalue weighted by Crippen LogP contribution is 2.30. The van der Waals surface area contributed by atoms with E-state index in [9.17, 15) is 19.5 Å². The maximum atomic E-state index is 12.3. The maximum absolute atomic E-state index is 12.3. The van der Waals surface area contributed by atoms with Crippen LogP contribution in [-0.2, 0) is 4.79 Å². The zero-order valence-electron chi connectivity index (χ0n) is 15.6. The lowest BCUT2D eigenvalue weighted by Gasteiger charge is -2.12. The molecule has 0 heterocycles. The minimum Gasteiger partial charge on any atom is -0.478 e. The van der Waals surface area contributed by atoms with Crippen molar-refractivity contribution < 1.29 is 29.3 Å². The van der Waals surface area contributed by atoms with Crippen LogP contribution in [0.4, 0.5) is 5.69 Å². The number of rotatable bonds is 7. The van der Waals surface area contributed by atoms with E-state index in [1.807, 2.05) is 30.3 Å². The topological polar surface area (TPSA) is 113 Å². The van der Waals surface area contributed by atoms with Crippen molar-refractivity contribution >= 4 is 29.6 Å². The Kier molecular flexibility index (Phi) is 6.24. The molecule has 7 nitrogen and oxygen atoms in total. The smallest absolute Gasteiger partial charge is 0.336 e. The van der Waals surface area contributed by atoms with Crippen LogP contribution in [0, 0.1) is 0 Å². The van der Waals surface area contributed by atoms with Gasteiger partial charge in [-0.1, -0.05) is 42.5 Å². The molecule has 1 amide bonds. The number of hydrogen-bond acceptors (Lipinski definition) is 4. The van der Waals surface area contributed by atoms with Crippen molar-refractivity contribution in [2.75, 3.05) is 5.32 Å². The van der Waals surface area contributed by atoms with Crippen LogP contribution in [0.15, 0.2) is 78.9 Å². The van der Waals surface area contributed by atoms with Crippen molar-refractivity contribution in [3.8, 4) is 11.5 Å². The Morgan fingerprint density at radius 3 is 2.17 bits per heavy atom. The van der Waals surface area contributed by atoms with E-state index in [-0.39, 0.29) is 23.0 Å². The molecule has 3 aromatic carbocycles. The number of benzene rings is 3. The Morgan fingerprint density at radius 1 is 0.800 bits per heavy atom. The molecule has 0 saturated heterocycles. The first kappa shape index (κ1) is 20.3. The average molecular weight is 403 g/mol. The van der Waals surface area contributed by atoms with Crippen molar-refractivity contribution in [1.29, 1.82) is 0 Å². The Balaban J connectivity index is 1.79. The molecule has 3 N–H and O–H groups in total. The zero-order chi connectivity index (χ0) is 21.5. The molecule has 0 aliphatic carbocycles. The first-order valence-corrected chi connectivity index (χ1v) is 8.85. The fourth-order valence-corrected chi connectivity index (χ4v) is 2.65. The van der Waals surface area contributed by atoms with Gasteiger partial charge in [0.05, 0.1) is 16.8 Å². The van der Waals surface area contributed by atoms with Crippen LogP contribution >= 0.6 is 0 Å². The number of aromatic carboxylic acids is 2. The minimum atomic E-state index is -1.38. The van der Waals surface area contributed by atoms with Gasteiger partial charge in [0.1, 0.15) is 5.75 Å². The first-order chi connectivity index (χ1) is 14.4. The highest BCUT2D eigenvalue weighted by atomic mass is 16.5. The van der Waals surface area contributed by atoms with Crippen LogP contribution in [0.3, 0.4) is 0 Å². The van der Waals surface area contributed by atoms with E-state index in [2.05, 4.69) is 5.32 Å². The van der Waals surface area contributed by atoms with Crippen LogP contribution < -0.4 is 10.1 Å². The number of para-hydroxylation sites is 2. The van der Waals surface area contributed by atoms with E-state index in [1.54, 1.807) is 30.3 Å². The summed E-state index contributed by atoms with van der Waals surface area (Å²) < 4.78 is 5.70. The fraction of sp³-hybridized carbons (Fsp3) is 0. The highest BCUT2D eigenvalue weighted by Gasteiger charge is 2.17. The summed E-state index contributed by atoms with van der Waals surface area (Å²) in [5, 5.41) is 21.1. The summed E-state index contributed by atoms with van der Waals surface area (Å²) in [5.41, 5.74) is 0.506. The lowest BCUT2D eigenvalue weighted by molar-refractivity contribution is -0.111. The molecule has 0 radical (unpaired) electrons. The number of carboxylic acids is 2. The van der Waals surface area contributed by atoms with Gasteiger partial charge in [-0.25, -0.2) is 9.59 Å². The van der Waals surface area contributed by atoms with Gasteiger partial charge in [0, 0.05) is 6.08 Å². The molecule has 3 rings (SSSR count). The summed E-state index contributed by atoms with van der Waals surface area (Å²) in [6.07, 6.45) is 3.05. The van der Waals surface area contributed by atoms with Crippen molar-refractivity contribution in [3.05, 3.63) is 95.6 Å². The van der Waals surface area contributed by atoms with Gasteiger partial charge in [0.2, 0.25) is 5.91 Å². The molecule has 0 aliphatic rings. The molecular weight excluding hydrogens is 386 g/mol. The lowest BCUT2D eigenvalue weighted by Crippen LogP contribution is -2.09. The third-order valence-corrected chi connectivity index (χ3v) is 4.05. The Labute approximate surface area is 171 Å². The number of ether oxygens (including phenoxy) is 1. The summed E-state index contributed by atoms with van der Waals surface area (Å²) >= 11 is 0. The predicted molar refractivity (Wildman–Crippen MR) is 111 cm³/mol. The van der Waals surface area contributed by atoms with E-state index in [1.165, 1.54) is 12.1 Å². The number of carboxylic acid groups (broad SMARTS) is 2. The quantitative estimate of drug-likeness (QED) is 0.500. The van der Waals surface area contributed by atoms with Gasteiger partial charge in [-0.15, -0.1) is 0 Å². The van der Waals surface area contributed by atoms with Gasteiger partial charge in [0.15, 0.2) is 5.75 Å². The molecule has 0 fully saturated rings. The van der Waals surface area contributed by atoms with Gasteiger partial charge < -0.3 is 20.3 Å². The van der Waals surface area contributed by atoms with Crippen molar-refractivity contribution in [1.82, 2.24) is 0 Å². The largest absolute Gasteiger partial charge is 0.478 e. The Bertz CT molecular complexity index is 1120. The molecule has 0 spiro atoms. The second-order valence-electron chi connectivity index (χ2n) is 6.15. The zero-order valence-corrected chi connectivity index (χ0v) is 15.6. The number of nitrogens with one attached hydrogen (secondary N) is 1. The second kappa shape index (κ2) is 9.20. The second-order valence-corrected chi connectivity index (χ2v) is 6.15. The van der Waals surface area contributed by atoms with E-state index >= 15 is 0 Å². The molecule has 0 unspecified atom stereocenters. The third-order valence-electron chi connectivity index (χ3n) is 4.05. The normalized spacial score (nSPS) is 10.5. The molecule has 0 atom stereocenters. The summed E-state index contributed by atoms with van der Waals surface area (Å²) in [6.45, 7) is 0. The molecule has 30 heavy (non-hydrogen) atoms. The van der Waals surface area contributed by atoms with Gasteiger partial charge in [-0.2, -0.15) is 0 Å². The van der Waals surface area contributed by atoms with E-state index in [4.69, 9.17) is 9.84 Å². The number of carbonyl (C=O) groups is 3. The van der Waals surface area contributed by atoms with E-state index < -0.39 is 17.5 Å². The Morgan fingerprint density at radius 2 is 1.47 bits per heavy atom. The van der Waals surface area contributed by atoms with Crippen LogP contribution in [0.1, 0.15) is 26.3 Å². The number of anilines is 1. The summed E-state index contributed by atoms with van der Waals surface area (Å²) in [7, 11) is 0. The third kappa shape index (κ3) is 5.11. The van der Waals surface area contributed by atoms with E-state index in [0.717, 1.165) is 17.7 Å². The molecule has 0 aromatic heterocycles. The van der Waals surface area contributed by atoms with Crippen LogP contribution in [0.25, 0.3) is 6.08 Å². The lowest BCUT2D eigenvalue weighted by atomic mass is 10.1. The molecule has 0 aliphatic heterocycles. The monoisotopic (exact) mass is 403 g/mol. The standard InChI is InChI=1S/C23H17NO6/c25-21(13-10-15-6-2-1-3-7-15)24-19-8-4-5-9-20(19)30-16-11-12-17(22(26)27)18(14-16)23(28)29/h1-14H,(H,24,25)(H,26,27)(H,28,29)/b13-10+.